The first-order valence-corrected chi connectivity index (χ1v) is 5.69. The van der Waals surface area contributed by atoms with Crippen LogP contribution in [0.3, 0.4) is 0 Å². The summed E-state index contributed by atoms with van der Waals surface area (Å²) < 4.78 is 6.08. The topological polar surface area (TPSA) is 26.3 Å². The van der Waals surface area contributed by atoms with Gasteiger partial charge in [0.15, 0.2) is 5.78 Å². The lowest BCUT2D eigenvalue weighted by molar-refractivity contribution is 0.101. The smallest absolute Gasteiger partial charge is 0.159 e. The fraction of sp³-hybridized carbons (Fsp3) is 0.154. The van der Waals surface area contributed by atoms with Gasteiger partial charge in [0.05, 0.1) is 7.11 Å². The molecule has 0 aromatic heterocycles. The molecule has 0 saturated carbocycles. The maximum Gasteiger partial charge on any atom is 0.159 e. The molecule has 3 heteroatoms. The van der Waals surface area contributed by atoms with E-state index in [1.165, 1.54) is 0 Å². The molecule has 0 unspecified atom stereocenters. The lowest BCUT2D eigenvalue weighted by Crippen LogP contribution is -1.92. The number of benzene rings is 2. The van der Waals surface area contributed by atoms with Gasteiger partial charge in [-0.1, -0.05) is 22.0 Å². The molecule has 0 amide bonds. The highest BCUT2D eigenvalue weighted by atomic mass is 79.9. The highest BCUT2D eigenvalue weighted by Gasteiger charge is 2.06. The molecule has 0 aliphatic carbocycles. The fourth-order valence-electron chi connectivity index (χ4n) is 1.62. The Morgan fingerprint density at radius 3 is 2.62 bits per heavy atom. The van der Waals surface area contributed by atoms with E-state index in [9.17, 15) is 4.79 Å². The summed E-state index contributed by atoms with van der Waals surface area (Å²) in [5.41, 5.74) is 0.713. The summed E-state index contributed by atoms with van der Waals surface area (Å²) in [4.78, 5) is 11.3. The predicted octanol–water partition coefficient (Wildman–Crippen LogP) is 3.81. The summed E-state index contributed by atoms with van der Waals surface area (Å²) in [5.74, 6) is 0.877. The second kappa shape index (κ2) is 4.26. The van der Waals surface area contributed by atoms with Crippen LogP contribution < -0.4 is 4.74 Å². The van der Waals surface area contributed by atoms with Gasteiger partial charge in [0.25, 0.3) is 0 Å². The summed E-state index contributed by atoms with van der Waals surface area (Å²) in [6.07, 6.45) is 0. The van der Waals surface area contributed by atoms with E-state index >= 15 is 0 Å². The molecular formula is C13H11BrO2. The van der Waals surface area contributed by atoms with Crippen LogP contribution >= 0.6 is 15.9 Å². The van der Waals surface area contributed by atoms with Crippen molar-refractivity contribution in [2.45, 2.75) is 6.92 Å². The third-order valence-corrected chi connectivity index (χ3v) is 3.17. The molecule has 0 N–H and O–H groups in total. The first kappa shape index (κ1) is 11.1. The molecule has 0 radical (unpaired) electrons. The third-order valence-electron chi connectivity index (χ3n) is 2.52. The van der Waals surface area contributed by atoms with Crippen LogP contribution in [0.15, 0.2) is 34.8 Å². The standard InChI is InChI=1S/C13H11BrO2/c1-8(15)10-5-9-3-4-11(16-2)7-12(9)13(14)6-10/h3-7H,1-2H3. The Morgan fingerprint density at radius 1 is 1.25 bits per heavy atom. The van der Waals surface area contributed by atoms with Crippen LogP contribution in [0.25, 0.3) is 10.8 Å². The van der Waals surface area contributed by atoms with Crippen LogP contribution in [0.1, 0.15) is 17.3 Å². The SMILES string of the molecule is COc1ccc2cc(C(C)=O)cc(Br)c2c1. The molecule has 2 aromatic carbocycles. The monoisotopic (exact) mass is 278 g/mol. The minimum absolute atomic E-state index is 0.0680. The van der Waals surface area contributed by atoms with Crippen LogP contribution in [-0.4, -0.2) is 12.9 Å². The zero-order chi connectivity index (χ0) is 11.7. The molecule has 82 valence electrons. The number of ketones is 1. The van der Waals surface area contributed by atoms with E-state index in [1.54, 1.807) is 14.0 Å². The average Bonchev–Trinajstić information content (AvgIpc) is 2.28. The van der Waals surface area contributed by atoms with Crippen molar-refractivity contribution in [3.63, 3.8) is 0 Å². The van der Waals surface area contributed by atoms with Gasteiger partial charge in [-0.15, -0.1) is 0 Å². The lowest BCUT2D eigenvalue weighted by Gasteiger charge is -2.06. The van der Waals surface area contributed by atoms with Crippen molar-refractivity contribution in [3.05, 3.63) is 40.4 Å². The normalized spacial score (nSPS) is 10.4. The molecule has 0 heterocycles. The molecule has 2 aromatic rings. The third kappa shape index (κ3) is 1.95. The van der Waals surface area contributed by atoms with Gasteiger partial charge in [0.1, 0.15) is 5.75 Å². The summed E-state index contributed by atoms with van der Waals surface area (Å²) in [7, 11) is 1.64. The number of methoxy groups -OCH3 is 1. The summed E-state index contributed by atoms with van der Waals surface area (Å²) in [6, 6.07) is 9.51. The number of Topliss-reactive ketones (excluding diaryl/α,β-unsaturated/α-hetero) is 1. The number of carbonyl (C=O) groups excluding carboxylic acids is 1. The highest BCUT2D eigenvalue weighted by Crippen LogP contribution is 2.29. The highest BCUT2D eigenvalue weighted by molar-refractivity contribution is 9.10. The Kier molecular flexibility index (Phi) is 2.97. The van der Waals surface area contributed by atoms with Crippen molar-refractivity contribution in [1.29, 1.82) is 0 Å². The van der Waals surface area contributed by atoms with Gasteiger partial charge >= 0.3 is 0 Å². The van der Waals surface area contributed by atoms with Crippen molar-refractivity contribution in [3.8, 4) is 5.75 Å². The number of ether oxygens (including phenoxy) is 1. The number of hydrogen-bond donors (Lipinski definition) is 0. The molecular weight excluding hydrogens is 268 g/mol. The van der Waals surface area contributed by atoms with Crippen LogP contribution in [0, 0.1) is 0 Å². The molecule has 0 spiro atoms. The van der Waals surface area contributed by atoms with E-state index in [2.05, 4.69) is 15.9 Å². The Labute approximate surface area is 102 Å². The Morgan fingerprint density at radius 2 is 2.00 bits per heavy atom. The van der Waals surface area contributed by atoms with Gasteiger partial charge in [0, 0.05) is 10.0 Å². The molecule has 2 rings (SSSR count). The van der Waals surface area contributed by atoms with Gasteiger partial charge < -0.3 is 4.74 Å². The van der Waals surface area contributed by atoms with Gasteiger partial charge in [0.2, 0.25) is 0 Å². The Hall–Kier alpha value is -1.35. The first-order valence-electron chi connectivity index (χ1n) is 4.90. The summed E-state index contributed by atoms with van der Waals surface area (Å²) in [6.45, 7) is 1.57. The molecule has 0 bridgehead atoms. The number of carbonyl (C=O) groups is 1. The molecule has 16 heavy (non-hydrogen) atoms. The number of fused-ring (bicyclic) bond motifs is 1. The second-order valence-electron chi connectivity index (χ2n) is 3.60. The van der Waals surface area contributed by atoms with Crippen LogP contribution in [0.5, 0.6) is 5.75 Å². The molecule has 0 aliphatic rings. The molecule has 0 saturated heterocycles. The Balaban J connectivity index is 2.71. The van der Waals surface area contributed by atoms with Crippen molar-refractivity contribution < 1.29 is 9.53 Å². The minimum Gasteiger partial charge on any atom is -0.497 e. The van der Waals surface area contributed by atoms with Gasteiger partial charge in [-0.2, -0.15) is 0 Å². The number of hydrogen-bond acceptors (Lipinski definition) is 2. The van der Waals surface area contributed by atoms with Gasteiger partial charge in [-0.25, -0.2) is 0 Å². The van der Waals surface area contributed by atoms with Crippen molar-refractivity contribution in [2.24, 2.45) is 0 Å². The molecule has 0 fully saturated rings. The summed E-state index contributed by atoms with van der Waals surface area (Å²) in [5, 5.41) is 2.07. The maximum atomic E-state index is 11.3. The number of halogens is 1. The van der Waals surface area contributed by atoms with E-state index in [0.717, 1.165) is 21.0 Å². The zero-order valence-electron chi connectivity index (χ0n) is 9.08. The van der Waals surface area contributed by atoms with Gasteiger partial charge in [-0.05, 0) is 42.0 Å². The predicted molar refractivity (Wildman–Crippen MR) is 68.2 cm³/mol. The van der Waals surface area contributed by atoms with Crippen LogP contribution in [0.2, 0.25) is 0 Å². The van der Waals surface area contributed by atoms with E-state index in [0.29, 0.717) is 5.56 Å². The molecule has 2 nitrogen and oxygen atoms in total. The maximum absolute atomic E-state index is 11.3. The zero-order valence-corrected chi connectivity index (χ0v) is 10.7. The van der Waals surface area contributed by atoms with E-state index in [4.69, 9.17) is 4.74 Å². The van der Waals surface area contributed by atoms with E-state index < -0.39 is 0 Å². The van der Waals surface area contributed by atoms with E-state index in [-0.39, 0.29) is 5.78 Å². The summed E-state index contributed by atoms with van der Waals surface area (Å²) >= 11 is 3.47. The lowest BCUT2D eigenvalue weighted by atomic mass is 10.0. The van der Waals surface area contributed by atoms with Crippen molar-refractivity contribution in [1.82, 2.24) is 0 Å². The van der Waals surface area contributed by atoms with Crippen LogP contribution in [0.4, 0.5) is 0 Å². The van der Waals surface area contributed by atoms with Gasteiger partial charge in [-0.3, -0.25) is 4.79 Å². The molecule has 0 aliphatic heterocycles. The van der Waals surface area contributed by atoms with Crippen LogP contribution in [-0.2, 0) is 0 Å². The fourth-order valence-corrected chi connectivity index (χ4v) is 2.21. The minimum atomic E-state index is 0.0680. The number of rotatable bonds is 2. The molecule has 0 atom stereocenters. The Bertz CT molecular complexity index is 561. The average molecular weight is 279 g/mol. The second-order valence-corrected chi connectivity index (χ2v) is 4.46. The van der Waals surface area contributed by atoms with Crippen molar-refractivity contribution >= 4 is 32.5 Å². The first-order chi connectivity index (χ1) is 7.61. The largest absolute Gasteiger partial charge is 0.497 e. The van der Waals surface area contributed by atoms with Crippen molar-refractivity contribution in [2.75, 3.05) is 7.11 Å². The van der Waals surface area contributed by atoms with E-state index in [1.807, 2.05) is 30.3 Å². The quantitative estimate of drug-likeness (QED) is 0.781.